The molecule has 1 unspecified atom stereocenters. The fraction of sp³-hybridized carbons (Fsp3) is 0.231. The summed E-state index contributed by atoms with van der Waals surface area (Å²) in [7, 11) is 1.86. The minimum Gasteiger partial charge on any atom is -1.00 e. The van der Waals surface area contributed by atoms with Crippen molar-refractivity contribution < 1.29 is 12.4 Å². The number of nitriles is 1. The Hall–Kier alpha value is -2.37. The van der Waals surface area contributed by atoms with Gasteiger partial charge in [0.15, 0.2) is 0 Å². The molecule has 1 aromatic heterocycles. The van der Waals surface area contributed by atoms with E-state index in [9.17, 15) is 0 Å². The summed E-state index contributed by atoms with van der Waals surface area (Å²) < 4.78 is 1.83. The van der Waals surface area contributed by atoms with E-state index in [-0.39, 0.29) is 18.4 Å². The van der Waals surface area contributed by atoms with E-state index in [1.165, 1.54) is 0 Å². The summed E-state index contributed by atoms with van der Waals surface area (Å²) in [5.74, 6) is 0. The number of rotatable bonds is 3. The highest BCUT2D eigenvalue weighted by Gasteiger charge is 2.26. The normalized spacial score (nSPS) is 10.9. The first-order valence-electron chi connectivity index (χ1n) is 5.54. The average molecular weight is 274 g/mol. The zero-order valence-corrected chi connectivity index (χ0v) is 11.1. The van der Waals surface area contributed by atoms with Gasteiger partial charge in [-0.2, -0.15) is 5.26 Å². The summed E-state index contributed by atoms with van der Waals surface area (Å²) >= 11 is 0. The molecular formula is C13H12ClN5. The molecule has 0 saturated heterocycles. The Morgan fingerprint density at radius 3 is 2.53 bits per heavy atom. The van der Waals surface area contributed by atoms with Gasteiger partial charge in [0, 0.05) is 7.05 Å². The van der Waals surface area contributed by atoms with Crippen LogP contribution in [0.1, 0.15) is 22.9 Å². The van der Waals surface area contributed by atoms with E-state index < -0.39 is 0 Å². The highest BCUT2D eigenvalue weighted by atomic mass is 35.5. The van der Waals surface area contributed by atoms with Crippen LogP contribution in [0.25, 0.3) is 4.98 Å². The van der Waals surface area contributed by atoms with Gasteiger partial charge in [0.25, 0.3) is 0 Å². The lowest BCUT2D eigenvalue weighted by Crippen LogP contribution is -3.00. The predicted molar refractivity (Wildman–Crippen MR) is 65.9 cm³/mol. The van der Waals surface area contributed by atoms with Crippen molar-refractivity contribution in [3.8, 4) is 6.07 Å². The second kappa shape index (κ2) is 6.53. The van der Waals surface area contributed by atoms with E-state index in [0.29, 0.717) is 12.0 Å². The number of hydrogen-bond donors (Lipinski definition) is 0. The van der Waals surface area contributed by atoms with E-state index >= 15 is 0 Å². The molecule has 19 heavy (non-hydrogen) atoms. The van der Waals surface area contributed by atoms with Crippen molar-refractivity contribution in [2.45, 2.75) is 12.5 Å². The fourth-order valence-corrected chi connectivity index (χ4v) is 1.83. The molecular weight excluding hydrogens is 262 g/mol. The van der Waals surface area contributed by atoms with Crippen LogP contribution < -0.4 is 12.4 Å². The van der Waals surface area contributed by atoms with E-state index in [1.807, 2.05) is 23.7 Å². The first-order valence-corrected chi connectivity index (χ1v) is 5.54. The lowest BCUT2D eigenvalue weighted by molar-refractivity contribution is -0.00000426. The van der Waals surface area contributed by atoms with Gasteiger partial charge in [-0.15, -0.1) is 0 Å². The van der Waals surface area contributed by atoms with Crippen molar-refractivity contribution in [1.29, 1.82) is 10.7 Å². The highest BCUT2D eigenvalue weighted by molar-refractivity contribution is 5.32. The number of benzene rings is 1. The molecule has 5 nitrogen and oxygen atoms in total. The minimum atomic E-state index is -0.342. The van der Waals surface area contributed by atoms with Crippen molar-refractivity contribution in [1.82, 2.24) is 9.55 Å². The number of diazo groups is 1. The molecule has 0 aliphatic carbocycles. The van der Waals surface area contributed by atoms with Crippen LogP contribution in [0.3, 0.4) is 0 Å². The zero-order valence-electron chi connectivity index (χ0n) is 10.4. The maximum atomic E-state index is 9.12. The van der Waals surface area contributed by atoms with Gasteiger partial charge in [0.1, 0.15) is 10.7 Å². The molecule has 0 saturated carbocycles. The summed E-state index contributed by atoms with van der Waals surface area (Å²) in [5, 5.41) is 17.8. The van der Waals surface area contributed by atoms with Crippen molar-refractivity contribution in [2.75, 3.05) is 0 Å². The molecule has 0 bridgehead atoms. The van der Waals surface area contributed by atoms with Crippen LogP contribution in [-0.4, -0.2) is 9.55 Å². The second-order valence-electron chi connectivity index (χ2n) is 4.07. The summed E-state index contributed by atoms with van der Waals surface area (Å²) in [5.41, 5.74) is 2.48. The Morgan fingerprint density at radius 1 is 1.37 bits per heavy atom. The summed E-state index contributed by atoms with van der Waals surface area (Å²) in [6, 6.07) is 8.98. The molecule has 0 amide bonds. The number of aryl methyl sites for hydroxylation is 1. The summed E-state index contributed by atoms with van der Waals surface area (Å²) in [4.78, 5) is 7.41. The van der Waals surface area contributed by atoms with Gasteiger partial charge in [-0.1, -0.05) is 12.1 Å². The SMILES string of the molecule is Cn1cncc1C(Cc1ccc(C#N)cc1)[N+]#N.[Cl-]. The third kappa shape index (κ3) is 3.31. The van der Waals surface area contributed by atoms with Gasteiger partial charge in [0.2, 0.25) is 5.39 Å². The van der Waals surface area contributed by atoms with Crippen molar-refractivity contribution in [2.24, 2.45) is 7.05 Å². The molecule has 1 heterocycles. The predicted octanol–water partition coefficient (Wildman–Crippen LogP) is -0.567. The van der Waals surface area contributed by atoms with Crippen molar-refractivity contribution in [3.63, 3.8) is 0 Å². The van der Waals surface area contributed by atoms with Crippen LogP contribution in [0.4, 0.5) is 0 Å². The first-order chi connectivity index (χ1) is 8.74. The average Bonchev–Trinajstić information content (AvgIpc) is 2.83. The number of aromatic nitrogens is 2. The zero-order chi connectivity index (χ0) is 13.0. The minimum absolute atomic E-state index is 0. The number of nitrogens with zero attached hydrogens (tertiary/aromatic N) is 5. The van der Waals surface area contributed by atoms with Gasteiger partial charge < -0.3 is 17.0 Å². The van der Waals surface area contributed by atoms with Crippen LogP contribution >= 0.6 is 0 Å². The topological polar surface area (TPSA) is 69.8 Å². The van der Waals surface area contributed by atoms with Gasteiger partial charge in [-0.25, -0.2) is 4.98 Å². The van der Waals surface area contributed by atoms with E-state index in [2.05, 4.69) is 16.0 Å². The maximum absolute atomic E-state index is 9.12. The molecule has 2 rings (SSSR count). The standard InChI is InChI=1S/C13H12N5.ClH/c1-18-9-16-8-13(18)12(17-15)6-10-2-4-11(7-14)5-3-10;/h2-5,8-9,12H,6H2,1H3;1H/q+1;/p-1. The lowest BCUT2D eigenvalue weighted by Gasteiger charge is -2.01. The second-order valence-corrected chi connectivity index (χ2v) is 4.07. The Bertz CT molecular complexity index is 618. The number of imidazole rings is 1. The van der Waals surface area contributed by atoms with Crippen molar-refractivity contribution >= 4 is 0 Å². The van der Waals surface area contributed by atoms with E-state index in [1.54, 1.807) is 24.7 Å². The summed E-state index contributed by atoms with van der Waals surface area (Å²) in [6.07, 6.45) is 3.93. The molecule has 1 aromatic carbocycles. The maximum Gasteiger partial charge on any atom is 0.359 e. The monoisotopic (exact) mass is 273 g/mol. The first kappa shape index (κ1) is 14.7. The van der Waals surface area contributed by atoms with Crippen LogP contribution in [0, 0.1) is 16.7 Å². The molecule has 0 aliphatic heterocycles. The third-order valence-electron chi connectivity index (χ3n) is 2.85. The van der Waals surface area contributed by atoms with Gasteiger partial charge in [-0.3, -0.25) is 0 Å². The van der Waals surface area contributed by atoms with Crippen LogP contribution in [0.15, 0.2) is 36.8 Å². The molecule has 0 N–H and O–H groups in total. The Labute approximate surface area is 117 Å². The molecule has 2 aromatic rings. The lowest BCUT2D eigenvalue weighted by atomic mass is 10.0. The molecule has 6 heteroatoms. The molecule has 1 atom stereocenters. The molecule has 0 fully saturated rings. The summed E-state index contributed by atoms with van der Waals surface area (Å²) in [6.45, 7) is 0. The smallest absolute Gasteiger partial charge is 0.359 e. The molecule has 0 aliphatic rings. The molecule has 0 radical (unpaired) electrons. The molecule has 96 valence electrons. The third-order valence-corrected chi connectivity index (χ3v) is 2.85. The Balaban J connectivity index is 0.00000180. The van der Waals surface area contributed by atoms with E-state index in [4.69, 9.17) is 10.7 Å². The van der Waals surface area contributed by atoms with Gasteiger partial charge in [-0.05, 0) is 17.7 Å². The Morgan fingerprint density at radius 2 is 2.05 bits per heavy atom. The number of halogens is 1. The van der Waals surface area contributed by atoms with Crippen LogP contribution in [-0.2, 0) is 13.5 Å². The molecule has 0 spiro atoms. The van der Waals surface area contributed by atoms with E-state index in [0.717, 1.165) is 11.3 Å². The fourth-order valence-electron chi connectivity index (χ4n) is 1.83. The highest BCUT2D eigenvalue weighted by Crippen LogP contribution is 2.21. The van der Waals surface area contributed by atoms with Crippen molar-refractivity contribution in [3.05, 3.63) is 58.6 Å². The number of hydrogen-bond acceptors (Lipinski definition) is 3. The van der Waals surface area contributed by atoms with Gasteiger partial charge in [0.05, 0.1) is 30.6 Å². The Kier molecular flexibility index (Phi) is 5.05. The largest absolute Gasteiger partial charge is 1.00 e. The van der Waals surface area contributed by atoms with Crippen LogP contribution in [0.2, 0.25) is 0 Å². The quantitative estimate of drug-likeness (QED) is 0.704. The van der Waals surface area contributed by atoms with Crippen LogP contribution in [0.5, 0.6) is 0 Å². The van der Waals surface area contributed by atoms with Gasteiger partial charge >= 0.3 is 6.04 Å².